The van der Waals surface area contributed by atoms with Crippen molar-refractivity contribution in [2.75, 3.05) is 16.8 Å². The van der Waals surface area contributed by atoms with E-state index in [0.29, 0.717) is 16.4 Å². The SMILES string of the molecule is CC1NC(=O)c2ccccc2N(CC(=O)Nc2nc3ccccc3s2)C1=O. The minimum absolute atomic E-state index is 0.203. The number of hydrogen-bond acceptors (Lipinski definition) is 5. The third-order valence-corrected chi connectivity index (χ3v) is 5.22. The van der Waals surface area contributed by atoms with E-state index in [4.69, 9.17) is 0 Å². The molecule has 3 amide bonds. The van der Waals surface area contributed by atoms with Crippen molar-refractivity contribution in [2.24, 2.45) is 0 Å². The average Bonchev–Trinajstić information content (AvgIpc) is 3.04. The number of rotatable bonds is 3. The standard InChI is InChI=1S/C19H16N4O3S/c1-11-18(26)23(14-8-4-2-6-12(14)17(25)20-11)10-16(24)22-19-21-13-7-3-5-9-15(13)27-19/h2-9,11H,10H2,1H3,(H,20,25)(H,21,22,24). The summed E-state index contributed by atoms with van der Waals surface area (Å²) < 4.78 is 0.965. The molecule has 4 rings (SSSR count). The van der Waals surface area contributed by atoms with Crippen LogP contribution in [0.15, 0.2) is 48.5 Å². The number of benzene rings is 2. The molecule has 0 saturated heterocycles. The van der Waals surface area contributed by atoms with E-state index >= 15 is 0 Å². The molecule has 0 bridgehead atoms. The van der Waals surface area contributed by atoms with Crippen molar-refractivity contribution in [3.63, 3.8) is 0 Å². The topological polar surface area (TPSA) is 91.4 Å². The zero-order valence-electron chi connectivity index (χ0n) is 14.4. The average molecular weight is 380 g/mol. The van der Waals surface area contributed by atoms with Crippen LogP contribution in [0.1, 0.15) is 17.3 Å². The lowest BCUT2D eigenvalue weighted by Crippen LogP contribution is -2.46. The first-order chi connectivity index (χ1) is 13.0. The van der Waals surface area contributed by atoms with Gasteiger partial charge in [-0.25, -0.2) is 4.98 Å². The highest BCUT2D eigenvalue weighted by Crippen LogP contribution is 2.26. The lowest BCUT2D eigenvalue weighted by Gasteiger charge is -2.23. The van der Waals surface area contributed by atoms with Crippen LogP contribution in [0.2, 0.25) is 0 Å². The van der Waals surface area contributed by atoms with Crippen molar-refractivity contribution in [2.45, 2.75) is 13.0 Å². The number of thiazole rings is 1. The molecular weight excluding hydrogens is 364 g/mol. The van der Waals surface area contributed by atoms with Gasteiger partial charge in [0.15, 0.2) is 5.13 Å². The highest BCUT2D eigenvalue weighted by Gasteiger charge is 2.32. The molecule has 2 heterocycles. The zero-order chi connectivity index (χ0) is 19.0. The number of anilines is 2. The minimum atomic E-state index is -0.722. The molecule has 0 fully saturated rings. The van der Waals surface area contributed by atoms with Crippen LogP contribution in [0, 0.1) is 0 Å². The number of fused-ring (bicyclic) bond motifs is 2. The second-order valence-corrected chi connectivity index (χ2v) is 7.20. The molecule has 1 aliphatic heterocycles. The highest BCUT2D eigenvalue weighted by molar-refractivity contribution is 7.22. The summed E-state index contributed by atoms with van der Waals surface area (Å²) in [5, 5.41) is 5.86. The first kappa shape index (κ1) is 17.2. The number of nitrogens with zero attached hydrogens (tertiary/aromatic N) is 2. The molecule has 1 unspecified atom stereocenters. The van der Waals surface area contributed by atoms with Gasteiger partial charge in [-0.05, 0) is 31.2 Å². The molecular formula is C19H16N4O3S. The summed E-state index contributed by atoms with van der Waals surface area (Å²) in [7, 11) is 0. The Morgan fingerprint density at radius 3 is 2.74 bits per heavy atom. The summed E-state index contributed by atoms with van der Waals surface area (Å²) in [5.41, 5.74) is 1.59. The van der Waals surface area contributed by atoms with E-state index in [1.807, 2.05) is 24.3 Å². The third-order valence-electron chi connectivity index (χ3n) is 4.27. The van der Waals surface area contributed by atoms with Gasteiger partial charge in [0.05, 0.1) is 21.5 Å². The summed E-state index contributed by atoms with van der Waals surface area (Å²) in [6.45, 7) is 1.40. The molecule has 7 nitrogen and oxygen atoms in total. The highest BCUT2D eigenvalue weighted by atomic mass is 32.1. The number of carbonyl (C=O) groups is 3. The van der Waals surface area contributed by atoms with Gasteiger partial charge in [-0.3, -0.25) is 14.4 Å². The second kappa shape index (κ2) is 6.81. The van der Waals surface area contributed by atoms with Gasteiger partial charge in [-0.1, -0.05) is 35.6 Å². The fraction of sp³-hybridized carbons (Fsp3) is 0.158. The zero-order valence-corrected chi connectivity index (χ0v) is 15.2. The second-order valence-electron chi connectivity index (χ2n) is 6.17. The molecule has 136 valence electrons. The number of carbonyl (C=O) groups excluding carboxylic acids is 3. The van der Waals surface area contributed by atoms with Crippen LogP contribution < -0.4 is 15.5 Å². The third kappa shape index (κ3) is 3.26. The van der Waals surface area contributed by atoms with Crippen molar-refractivity contribution >= 4 is 50.1 Å². The molecule has 1 atom stereocenters. The van der Waals surface area contributed by atoms with Gasteiger partial charge in [0, 0.05) is 0 Å². The van der Waals surface area contributed by atoms with E-state index in [-0.39, 0.29) is 24.3 Å². The van der Waals surface area contributed by atoms with Crippen LogP contribution in [0.5, 0.6) is 0 Å². The van der Waals surface area contributed by atoms with Gasteiger partial charge >= 0.3 is 0 Å². The number of amides is 3. The predicted octanol–water partition coefficient (Wildman–Crippen LogP) is 2.40. The van der Waals surface area contributed by atoms with Gasteiger partial charge in [0.2, 0.25) is 11.8 Å². The van der Waals surface area contributed by atoms with Crippen molar-refractivity contribution in [3.8, 4) is 0 Å². The van der Waals surface area contributed by atoms with Gasteiger partial charge in [0.25, 0.3) is 5.91 Å². The summed E-state index contributed by atoms with van der Waals surface area (Å²) in [4.78, 5) is 43.3. The monoisotopic (exact) mass is 380 g/mol. The largest absolute Gasteiger partial charge is 0.340 e. The first-order valence-electron chi connectivity index (χ1n) is 8.39. The van der Waals surface area contributed by atoms with Crippen molar-refractivity contribution in [1.29, 1.82) is 0 Å². The Balaban J connectivity index is 1.59. The number of nitrogens with one attached hydrogen (secondary N) is 2. The summed E-state index contributed by atoms with van der Waals surface area (Å²) in [6, 6.07) is 13.6. The van der Waals surface area contributed by atoms with E-state index in [0.717, 1.165) is 10.2 Å². The molecule has 0 saturated carbocycles. The Hall–Kier alpha value is -3.26. The van der Waals surface area contributed by atoms with Crippen LogP contribution in [0.25, 0.3) is 10.2 Å². The van der Waals surface area contributed by atoms with Gasteiger partial charge < -0.3 is 15.5 Å². The van der Waals surface area contributed by atoms with Gasteiger partial charge in [-0.15, -0.1) is 0 Å². The molecule has 2 aromatic carbocycles. The Labute approximate surface area is 159 Å². The Kier molecular flexibility index (Phi) is 4.33. The summed E-state index contributed by atoms with van der Waals surface area (Å²) in [5.74, 6) is -1.05. The van der Waals surface area contributed by atoms with Crippen LogP contribution in [0.3, 0.4) is 0 Å². The molecule has 3 aromatic rings. The Morgan fingerprint density at radius 2 is 1.93 bits per heavy atom. The van der Waals surface area contributed by atoms with Crippen LogP contribution in [0.4, 0.5) is 10.8 Å². The molecule has 1 aliphatic rings. The van der Waals surface area contributed by atoms with E-state index in [1.54, 1.807) is 31.2 Å². The normalized spacial score (nSPS) is 16.6. The number of hydrogen-bond donors (Lipinski definition) is 2. The van der Waals surface area contributed by atoms with Crippen molar-refractivity contribution in [3.05, 3.63) is 54.1 Å². The Bertz CT molecular complexity index is 1030. The molecule has 0 aliphatic carbocycles. The van der Waals surface area contributed by atoms with Crippen LogP contribution in [-0.2, 0) is 9.59 Å². The smallest absolute Gasteiger partial charge is 0.254 e. The molecule has 27 heavy (non-hydrogen) atoms. The lowest BCUT2D eigenvalue weighted by molar-refractivity contribution is -0.122. The summed E-state index contributed by atoms with van der Waals surface area (Å²) in [6.07, 6.45) is 0. The van der Waals surface area contributed by atoms with Crippen molar-refractivity contribution in [1.82, 2.24) is 10.3 Å². The molecule has 8 heteroatoms. The van der Waals surface area contributed by atoms with Crippen molar-refractivity contribution < 1.29 is 14.4 Å². The first-order valence-corrected chi connectivity index (χ1v) is 9.21. The Morgan fingerprint density at radius 1 is 1.19 bits per heavy atom. The maximum absolute atomic E-state index is 12.7. The van der Waals surface area contributed by atoms with Gasteiger partial charge in [0.1, 0.15) is 12.6 Å². The fourth-order valence-corrected chi connectivity index (χ4v) is 3.86. The van der Waals surface area contributed by atoms with E-state index < -0.39 is 6.04 Å². The fourth-order valence-electron chi connectivity index (χ4n) is 2.98. The maximum Gasteiger partial charge on any atom is 0.254 e. The van der Waals surface area contributed by atoms with Crippen LogP contribution >= 0.6 is 11.3 Å². The predicted molar refractivity (Wildman–Crippen MR) is 104 cm³/mol. The molecule has 0 radical (unpaired) electrons. The molecule has 2 N–H and O–H groups in total. The quantitative estimate of drug-likeness (QED) is 0.730. The maximum atomic E-state index is 12.7. The molecule has 0 spiro atoms. The van der Waals surface area contributed by atoms with Gasteiger partial charge in [-0.2, -0.15) is 0 Å². The van der Waals surface area contributed by atoms with E-state index in [2.05, 4.69) is 15.6 Å². The van der Waals surface area contributed by atoms with E-state index in [9.17, 15) is 14.4 Å². The molecule has 1 aromatic heterocycles. The summed E-state index contributed by atoms with van der Waals surface area (Å²) >= 11 is 1.37. The minimum Gasteiger partial charge on any atom is -0.340 e. The van der Waals surface area contributed by atoms with Crippen LogP contribution in [-0.4, -0.2) is 35.3 Å². The number of para-hydroxylation sites is 2. The number of aromatic nitrogens is 1. The lowest BCUT2D eigenvalue weighted by atomic mass is 10.1. The van der Waals surface area contributed by atoms with E-state index in [1.165, 1.54) is 16.2 Å².